The molecule has 9 heteroatoms. The molecule has 1 saturated heterocycles. The molecule has 1 aliphatic heterocycles. The number of methoxy groups -OCH3 is 1. The predicted molar refractivity (Wildman–Crippen MR) is 105 cm³/mol. The van der Waals surface area contributed by atoms with Gasteiger partial charge in [0, 0.05) is 32.0 Å². The zero-order valence-electron chi connectivity index (χ0n) is 16.4. The van der Waals surface area contributed by atoms with Gasteiger partial charge < -0.3 is 20.3 Å². The Balaban J connectivity index is 1.93. The molecule has 3 amide bonds. The molecule has 8 nitrogen and oxygen atoms in total. The Kier molecular flexibility index (Phi) is 8.04. The fourth-order valence-corrected chi connectivity index (χ4v) is 3.42. The van der Waals surface area contributed by atoms with Crippen LogP contribution in [-0.2, 0) is 9.53 Å². The Labute approximate surface area is 170 Å². The maximum absolute atomic E-state index is 12.9. The van der Waals surface area contributed by atoms with Crippen molar-refractivity contribution in [1.82, 2.24) is 20.5 Å². The average molecular weight is 411 g/mol. The highest BCUT2D eigenvalue weighted by Crippen LogP contribution is 2.19. The number of alkyl carbamates (subject to hydrolysis) is 1. The molecular weight excluding hydrogens is 384 g/mol. The van der Waals surface area contributed by atoms with E-state index in [0.29, 0.717) is 30.2 Å². The number of likely N-dealkylation sites (tertiary alicyclic amines) is 1. The number of amides is 3. The van der Waals surface area contributed by atoms with Crippen molar-refractivity contribution in [2.45, 2.75) is 32.7 Å². The van der Waals surface area contributed by atoms with Gasteiger partial charge in [0.25, 0.3) is 5.91 Å². The van der Waals surface area contributed by atoms with E-state index in [9.17, 15) is 14.4 Å². The zero-order valence-corrected chi connectivity index (χ0v) is 17.2. The molecular formula is C19H27ClN4O4. The Morgan fingerprint density at radius 2 is 2.14 bits per heavy atom. The van der Waals surface area contributed by atoms with Crippen LogP contribution in [0.5, 0.6) is 0 Å². The van der Waals surface area contributed by atoms with Crippen LogP contribution in [0.4, 0.5) is 4.79 Å². The zero-order chi connectivity index (χ0) is 20.7. The second kappa shape index (κ2) is 10.3. The van der Waals surface area contributed by atoms with Crippen molar-refractivity contribution in [2.24, 2.45) is 11.8 Å². The lowest BCUT2D eigenvalue weighted by molar-refractivity contribution is -0.136. The largest absolute Gasteiger partial charge is 0.453 e. The van der Waals surface area contributed by atoms with Crippen LogP contribution in [0.3, 0.4) is 0 Å². The molecule has 0 saturated carbocycles. The Morgan fingerprint density at radius 1 is 1.39 bits per heavy atom. The highest BCUT2D eigenvalue weighted by molar-refractivity contribution is 6.33. The Bertz CT molecular complexity index is 713. The van der Waals surface area contributed by atoms with E-state index in [-0.39, 0.29) is 23.7 Å². The van der Waals surface area contributed by atoms with Gasteiger partial charge in [-0.1, -0.05) is 25.4 Å². The van der Waals surface area contributed by atoms with E-state index < -0.39 is 12.1 Å². The van der Waals surface area contributed by atoms with Crippen molar-refractivity contribution in [2.75, 3.05) is 26.7 Å². The quantitative estimate of drug-likeness (QED) is 0.747. The molecule has 154 valence electrons. The first-order valence-corrected chi connectivity index (χ1v) is 9.72. The van der Waals surface area contributed by atoms with Gasteiger partial charge in [0.15, 0.2) is 0 Å². The summed E-state index contributed by atoms with van der Waals surface area (Å²) in [5.41, 5.74) is 0.377. The highest BCUT2D eigenvalue weighted by atomic mass is 35.5. The molecule has 1 aliphatic rings. The van der Waals surface area contributed by atoms with E-state index in [1.807, 2.05) is 13.8 Å². The lowest BCUT2D eigenvalue weighted by Crippen LogP contribution is -2.54. The first-order valence-electron chi connectivity index (χ1n) is 9.34. The Hall–Kier alpha value is -2.35. The lowest BCUT2D eigenvalue weighted by atomic mass is 9.95. The number of ether oxygens (including phenoxy) is 1. The first-order chi connectivity index (χ1) is 13.3. The van der Waals surface area contributed by atoms with E-state index >= 15 is 0 Å². The standard InChI is InChI=1S/C19H27ClN4O4/c1-12(2)16(23-19(27)28-3)18(26)24-8-4-5-13(11-24)9-22-17(25)14-6-7-21-10-15(14)20/h6-7,10,12-13,16H,4-5,8-9,11H2,1-3H3,(H,22,25)(H,23,27)/t13-,16-/m0/s1. The molecule has 2 N–H and O–H groups in total. The maximum Gasteiger partial charge on any atom is 0.407 e. The summed E-state index contributed by atoms with van der Waals surface area (Å²) < 4.78 is 4.62. The molecule has 0 bridgehead atoms. The summed E-state index contributed by atoms with van der Waals surface area (Å²) in [6.45, 7) is 5.34. The van der Waals surface area contributed by atoms with E-state index in [1.165, 1.54) is 19.5 Å². The number of hydrogen-bond donors (Lipinski definition) is 2. The van der Waals surface area contributed by atoms with Crippen LogP contribution in [0.2, 0.25) is 5.02 Å². The number of piperidine rings is 1. The van der Waals surface area contributed by atoms with Crippen LogP contribution in [0, 0.1) is 11.8 Å². The van der Waals surface area contributed by atoms with E-state index in [0.717, 1.165) is 12.8 Å². The van der Waals surface area contributed by atoms with Crippen LogP contribution in [0.1, 0.15) is 37.0 Å². The van der Waals surface area contributed by atoms with Gasteiger partial charge >= 0.3 is 6.09 Å². The van der Waals surface area contributed by atoms with Crippen molar-refractivity contribution in [3.63, 3.8) is 0 Å². The van der Waals surface area contributed by atoms with Gasteiger partial charge in [0.1, 0.15) is 6.04 Å². The van der Waals surface area contributed by atoms with Gasteiger partial charge in [-0.15, -0.1) is 0 Å². The van der Waals surface area contributed by atoms with Crippen molar-refractivity contribution in [3.8, 4) is 0 Å². The summed E-state index contributed by atoms with van der Waals surface area (Å²) in [7, 11) is 1.27. The second-order valence-corrected chi connectivity index (χ2v) is 7.62. The number of nitrogens with one attached hydrogen (secondary N) is 2. The van der Waals surface area contributed by atoms with Gasteiger partial charge in [-0.25, -0.2) is 4.79 Å². The molecule has 1 fully saturated rings. The molecule has 2 rings (SSSR count). The summed E-state index contributed by atoms with van der Waals surface area (Å²) in [5, 5.41) is 5.80. The summed E-state index contributed by atoms with van der Waals surface area (Å²) in [5.74, 6) is -0.328. The fourth-order valence-electron chi connectivity index (χ4n) is 3.22. The van der Waals surface area contributed by atoms with Crippen LogP contribution in [0.25, 0.3) is 0 Å². The van der Waals surface area contributed by atoms with E-state index in [4.69, 9.17) is 11.6 Å². The summed E-state index contributed by atoms with van der Waals surface area (Å²) in [6, 6.07) is 0.927. The third-order valence-electron chi connectivity index (χ3n) is 4.79. The minimum absolute atomic E-state index is 0.0690. The number of halogens is 1. The molecule has 1 aromatic rings. The van der Waals surface area contributed by atoms with Gasteiger partial charge in [-0.3, -0.25) is 14.6 Å². The normalized spacial score (nSPS) is 17.8. The average Bonchev–Trinajstić information content (AvgIpc) is 2.69. The third kappa shape index (κ3) is 5.82. The Morgan fingerprint density at radius 3 is 2.79 bits per heavy atom. The minimum Gasteiger partial charge on any atom is -0.453 e. The van der Waals surface area contributed by atoms with Crippen LogP contribution >= 0.6 is 11.6 Å². The summed E-state index contributed by atoms with van der Waals surface area (Å²) in [4.78, 5) is 42.4. The predicted octanol–water partition coefficient (Wildman–Crippen LogP) is 2.08. The number of rotatable bonds is 6. The topological polar surface area (TPSA) is 101 Å². The third-order valence-corrected chi connectivity index (χ3v) is 5.09. The monoisotopic (exact) mass is 410 g/mol. The molecule has 2 atom stereocenters. The fraction of sp³-hybridized carbons (Fsp3) is 0.579. The first kappa shape index (κ1) is 21.9. The second-order valence-electron chi connectivity index (χ2n) is 7.22. The van der Waals surface area contributed by atoms with E-state index in [1.54, 1.807) is 11.0 Å². The summed E-state index contributed by atoms with van der Waals surface area (Å²) in [6.07, 6.45) is 4.07. The number of carbonyl (C=O) groups excluding carboxylic acids is 3. The number of aromatic nitrogens is 1. The van der Waals surface area contributed by atoms with Gasteiger partial charge in [-0.05, 0) is 30.7 Å². The number of pyridine rings is 1. The van der Waals surface area contributed by atoms with Crippen LogP contribution < -0.4 is 10.6 Å². The smallest absolute Gasteiger partial charge is 0.407 e. The number of hydrogen-bond acceptors (Lipinski definition) is 5. The van der Waals surface area contributed by atoms with Crippen molar-refractivity contribution in [1.29, 1.82) is 0 Å². The molecule has 0 spiro atoms. The van der Waals surface area contributed by atoms with Crippen molar-refractivity contribution < 1.29 is 19.1 Å². The van der Waals surface area contributed by atoms with Crippen molar-refractivity contribution >= 4 is 29.5 Å². The van der Waals surface area contributed by atoms with Gasteiger partial charge in [0.2, 0.25) is 5.91 Å². The van der Waals surface area contributed by atoms with Gasteiger partial charge in [0.05, 0.1) is 17.7 Å². The number of nitrogens with zero attached hydrogens (tertiary/aromatic N) is 2. The molecule has 0 unspecified atom stereocenters. The molecule has 0 radical (unpaired) electrons. The van der Waals surface area contributed by atoms with Crippen molar-refractivity contribution in [3.05, 3.63) is 29.0 Å². The SMILES string of the molecule is COC(=O)N[C@H](C(=O)N1CCC[C@@H](CNC(=O)c2ccncc2Cl)C1)C(C)C. The molecule has 1 aromatic heterocycles. The summed E-state index contributed by atoms with van der Waals surface area (Å²) >= 11 is 6.00. The van der Waals surface area contributed by atoms with Gasteiger partial charge in [-0.2, -0.15) is 0 Å². The molecule has 0 aromatic carbocycles. The molecule has 28 heavy (non-hydrogen) atoms. The maximum atomic E-state index is 12.9. The highest BCUT2D eigenvalue weighted by Gasteiger charge is 2.32. The van der Waals surface area contributed by atoms with Crippen LogP contribution in [0.15, 0.2) is 18.5 Å². The minimum atomic E-state index is -0.642. The van der Waals surface area contributed by atoms with E-state index in [2.05, 4.69) is 20.4 Å². The lowest BCUT2D eigenvalue weighted by Gasteiger charge is -2.36. The molecule has 0 aliphatic carbocycles. The molecule has 2 heterocycles. The number of carbonyl (C=O) groups is 3. The van der Waals surface area contributed by atoms with Crippen LogP contribution in [-0.4, -0.2) is 60.6 Å².